The van der Waals surface area contributed by atoms with Gasteiger partial charge in [-0.05, 0) is 13.8 Å². The zero-order chi connectivity index (χ0) is 11.3. The van der Waals surface area contributed by atoms with E-state index in [0.29, 0.717) is 13.2 Å². The summed E-state index contributed by atoms with van der Waals surface area (Å²) in [7, 11) is -3.49. The predicted octanol–water partition coefficient (Wildman–Crippen LogP) is 0.113. The van der Waals surface area contributed by atoms with E-state index in [9.17, 15) is 8.42 Å². The van der Waals surface area contributed by atoms with Crippen LogP contribution in [-0.2, 0) is 14.8 Å². The molecule has 1 aromatic heterocycles. The first kappa shape index (κ1) is 12.2. The van der Waals surface area contributed by atoms with Gasteiger partial charge in [0, 0.05) is 12.6 Å². The lowest BCUT2D eigenvalue weighted by molar-refractivity contribution is 0.133. The average Bonchev–Trinajstić information content (AvgIpc) is 2.67. The lowest BCUT2D eigenvalue weighted by Crippen LogP contribution is -2.36. The number of hydrogen-bond donors (Lipinski definition) is 2. The topological polar surface area (TPSA) is 84.1 Å². The van der Waals surface area contributed by atoms with Gasteiger partial charge in [-0.25, -0.2) is 18.1 Å². The van der Waals surface area contributed by atoms with E-state index in [1.54, 1.807) is 6.92 Å². The van der Waals surface area contributed by atoms with Crippen molar-refractivity contribution in [3.8, 4) is 0 Å². The standard InChI is InChI=1S/C8H15N3O3S/c1-3-14-5-7(2)11-15(12,13)8-4-9-6-10-8/h4,6-7,11H,3,5H2,1-2H3,(H,9,10). The zero-order valence-corrected chi connectivity index (χ0v) is 9.54. The first-order chi connectivity index (χ1) is 7.06. The highest BCUT2D eigenvalue weighted by atomic mass is 32.2. The molecule has 7 heteroatoms. The molecule has 0 aliphatic heterocycles. The predicted molar refractivity (Wildman–Crippen MR) is 54.9 cm³/mol. The van der Waals surface area contributed by atoms with Gasteiger partial charge in [0.25, 0.3) is 10.0 Å². The van der Waals surface area contributed by atoms with E-state index in [4.69, 9.17) is 4.74 Å². The van der Waals surface area contributed by atoms with Crippen LogP contribution in [0.3, 0.4) is 0 Å². The van der Waals surface area contributed by atoms with Crippen LogP contribution < -0.4 is 4.72 Å². The van der Waals surface area contributed by atoms with Crippen LogP contribution in [0.2, 0.25) is 0 Å². The molecule has 1 aromatic rings. The third-order valence-electron chi connectivity index (χ3n) is 1.69. The number of H-pyrrole nitrogens is 1. The number of rotatable bonds is 6. The monoisotopic (exact) mass is 233 g/mol. The Morgan fingerprint density at radius 2 is 2.40 bits per heavy atom. The van der Waals surface area contributed by atoms with Gasteiger partial charge >= 0.3 is 0 Å². The van der Waals surface area contributed by atoms with Crippen molar-refractivity contribution in [3.63, 3.8) is 0 Å². The second kappa shape index (κ2) is 5.24. The molecule has 0 bridgehead atoms. The summed E-state index contributed by atoms with van der Waals surface area (Å²) in [6.45, 7) is 4.51. The molecule has 0 saturated carbocycles. The average molecular weight is 233 g/mol. The van der Waals surface area contributed by atoms with Gasteiger partial charge in [0.15, 0.2) is 5.03 Å². The van der Waals surface area contributed by atoms with Crippen LogP contribution in [0.25, 0.3) is 0 Å². The zero-order valence-electron chi connectivity index (χ0n) is 8.73. The highest BCUT2D eigenvalue weighted by Gasteiger charge is 2.18. The molecule has 0 radical (unpaired) electrons. The van der Waals surface area contributed by atoms with Crippen molar-refractivity contribution in [2.45, 2.75) is 24.9 Å². The van der Waals surface area contributed by atoms with Gasteiger partial charge in [-0.3, -0.25) is 0 Å². The van der Waals surface area contributed by atoms with Crippen molar-refractivity contribution in [1.29, 1.82) is 0 Å². The first-order valence-electron chi connectivity index (χ1n) is 4.64. The normalized spacial score (nSPS) is 14.0. The van der Waals surface area contributed by atoms with E-state index in [1.165, 1.54) is 12.5 Å². The summed E-state index contributed by atoms with van der Waals surface area (Å²) < 4.78 is 30.8. The molecule has 0 amide bonds. The minimum Gasteiger partial charge on any atom is -0.380 e. The first-order valence-corrected chi connectivity index (χ1v) is 6.13. The molecule has 86 valence electrons. The Morgan fingerprint density at radius 3 is 2.93 bits per heavy atom. The van der Waals surface area contributed by atoms with Crippen LogP contribution in [0.5, 0.6) is 0 Å². The molecule has 0 spiro atoms. The second-order valence-electron chi connectivity index (χ2n) is 3.10. The number of hydrogen-bond acceptors (Lipinski definition) is 4. The maximum atomic E-state index is 11.6. The van der Waals surface area contributed by atoms with Gasteiger partial charge in [-0.1, -0.05) is 0 Å². The minimum atomic E-state index is -3.49. The highest BCUT2D eigenvalue weighted by molar-refractivity contribution is 7.89. The Kier molecular flexibility index (Phi) is 4.25. The summed E-state index contributed by atoms with van der Waals surface area (Å²) in [6.07, 6.45) is 2.58. The number of imidazole rings is 1. The van der Waals surface area contributed by atoms with Crippen molar-refractivity contribution in [3.05, 3.63) is 12.5 Å². The molecule has 1 rings (SSSR count). The quantitative estimate of drug-likeness (QED) is 0.730. The third-order valence-corrected chi connectivity index (χ3v) is 3.21. The summed E-state index contributed by atoms with van der Waals surface area (Å²) in [5.74, 6) is 0. The molecule has 1 atom stereocenters. The molecular weight excluding hydrogens is 218 g/mol. The number of nitrogens with one attached hydrogen (secondary N) is 2. The number of ether oxygens (including phenoxy) is 1. The molecule has 2 N–H and O–H groups in total. The van der Waals surface area contributed by atoms with E-state index >= 15 is 0 Å². The fourth-order valence-corrected chi connectivity index (χ4v) is 2.18. The van der Waals surface area contributed by atoms with Gasteiger partial charge in [0.2, 0.25) is 0 Å². The van der Waals surface area contributed by atoms with Gasteiger partial charge in [-0.2, -0.15) is 0 Å². The van der Waals surface area contributed by atoms with Crippen molar-refractivity contribution in [2.75, 3.05) is 13.2 Å². The van der Waals surface area contributed by atoms with Crippen LogP contribution in [0.4, 0.5) is 0 Å². The molecule has 1 unspecified atom stereocenters. The molecule has 15 heavy (non-hydrogen) atoms. The number of nitrogens with zero attached hydrogens (tertiary/aromatic N) is 1. The number of aromatic nitrogens is 2. The van der Waals surface area contributed by atoms with Gasteiger partial charge in [0.1, 0.15) is 0 Å². The second-order valence-corrected chi connectivity index (χ2v) is 4.78. The van der Waals surface area contributed by atoms with Gasteiger partial charge < -0.3 is 9.72 Å². The number of sulfonamides is 1. The van der Waals surface area contributed by atoms with Gasteiger partial charge in [-0.15, -0.1) is 0 Å². The SMILES string of the molecule is CCOCC(C)NS(=O)(=O)c1cnc[nH]1. The van der Waals surface area contributed by atoms with Crippen molar-refractivity contribution >= 4 is 10.0 Å². The minimum absolute atomic E-state index is 0.0610. The highest BCUT2D eigenvalue weighted by Crippen LogP contribution is 2.03. The lowest BCUT2D eigenvalue weighted by Gasteiger charge is -2.12. The Labute approximate surface area is 89.1 Å². The number of aromatic amines is 1. The van der Waals surface area contributed by atoms with Crippen molar-refractivity contribution in [2.24, 2.45) is 0 Å². The van der Waals surface area contributed by atoms with Crippen LogP contribution in [0, 0.1) is 0 Å². The molecule has 0 saturated heterocycles. The van der Waals surface area contributed by atoms with Crippen LogP contribution in [0.1, 0.15) is 13.8 Å². The Hall–Kier alpha value is -0.920. The Morgan fingerprint density at radius 1 is 1.67 bits per heavy atom. The van der Waals surface area contributed by atoms with E-state index in [1.807, 2.05) is 6.92 Å². The molecule has 1 heterocycles. The largest absolute Gasteiger partial charge is 0.380 e. The van der Waals surface area contributed by atoms with Crippen LogP contribution in [-0.4, -0.2) is 37.6 Å². The summed E-state index contributed by atoms with van der Waals surface area (Å²) in [5.41, 5.74) is 0. The van der Waals surface area contributed by atoms with Crippen LogP contribution >= 0.6 is 0 Å². The fraction of sp³-hybridized carbons (Fsp3) is 0.625. The van der Waals surface area contributed by atoms with Crippen molar-refractivity contribution < 1.29 is 13.2 Å². The Bertz CT molecular complexity index is 374. The fourth-order valence-electron chi connectivity index (χ4n) is 1.05. The summed E-state index contributed by atoms with van der Waals surface area (Å²) >= 11 is 0. The molecular formula is C8H15N3O3S. The molecule has 0 aromatic carbocycles. The van der Waals surface area contributed by atoms with Crippen LogP contribution in [0.15, 0.2) is 17.6 Å². The molecule has 0 fully saturated rings. The summed E-state index contributed by atoms with van der Waals surface area (Å²) in [4.78, 5) is 6.19. The smallest absolute Gasteiger partial charge is 0.257 e. The van der Waals surface area contributed by atoms with E-state index in [0.717, 1.165) is 0 Å². The molecule has 0 aliphatic rings. The Balaban J connectivity index is 2.57. The molecule has 6 nitrogen and oxygen atoms in total. The summed E-state index contributed by atoms with van der Waals surface area (Å²) in [5, 5.41) is 0.0610. The lowest BCUT2D eigenvalue weighted by atomic mass is 10.4. The molecule has 0 aliphatic carbocycles. The third kappa shape index (κ3) is 3.61. The van der Waals surface area contributed by atoms with E-state index < -0.39 is 10.0 Å². The maximum absolute atomic E-state index is 11.6. The van der Waals surface area contributed by atoms with E-state index in [-0.39, 0.29) is 11.1 Å². The van der Waals surface area contributed by atoms with E-state index in [2.05, 4.69) is 14.7 Å². The maximum Gasteiger partial charge on any atom is 0.257 e. The van der Waals surface area contributed by atoms with Gasteiger partial charge in [0.05, 0.1) is 19.1 Å². The van der Waals surface area contributed by atoms with Crippen molar-refractivity contribution in [1.82, 2.24) is 14.7 Å². The summed E-state index contributed by atoms with van der Waals surface area (Å²) in [6, 6.07) is -0.266.